The van der Waals surface area contributed by atoms with Gasteiger partial charge in [-0.2, -0.15) is 9.97 Å². The van der Waals surface area contributed by atoms with Gasteiger partial charge < -0.3 is 47.4 Å². The molecule has 0 aliphatic carbocycles. The van der Waals surface area contributed by atoms with Crippen molar-refractivity contribution >= 4 is 64.1 Å². The van der Waals surface area contributed by atoms with Gasteiger partial charge in [0.15, 0.2) is 0 Å². The van der Waals surface area contributed by atoms with Crippen LogP contribution in [0.1, 0.15) is 57.5 Å². The summed E-state index contributed by atoms with van der Waals surface area (Å²) in [4.78, 5) is 84.2. The number of aromatic nitrogens is 3. The van der Waals surface area contributed by atoms with E-state index in [9.17, 15) is 33.9 Å². The summed E-state index contributed by atoms with van der Waals surface area (Å²) in [5.41, 5.74) is 14.6. The van der Waals surface area contributed by atoms with Gasteiger partial charge in [0.25, 0.3) is 11.8 Å². The van der Waals surface area contributed by atoms with Crippen molar-refractivity contribution in [3.05, 3.63) is 77.0 Å². The van der Waals surface area contributed by atoms with Crippen LogP contribution in [0.2, 0.25) is 0 Å². The number of hydrogen-bond acceptors (Lipinski definition) is 11. The Kier molecular flexibility index (Phi) is 12.0. The molecule has 0 aliphatic rings. The Balaban J connectivity index is 1.30. The molecule has 17 heteroatoms. The first kappa shape index (κ1) is 36.3. The maximum atomic E-state index is 13.0. The topological polar surface area (TPSA) is 282 Å². The fourth-order valence-corrected chi connectivity index (χ4v) is 5.08. The Hall–Kier alpha value is -6.52. The molecule has 4 aromatic rings. The lowest BCUT2D eigenvalue weighted by Crippen LogP contribution is -2.42. The molecular weight excluding hydrogens is 652 g/mol. The van der Waals surface area contributed by atoms with Crippen LogP contribution in [0.4, 0.5) is 17.5 Å². The number of carbonyl (C=O) groups excluding carboxylic acids is 4. The van der Waals surface area contributed by atoms with Gasteiger partial charge in [0.2, 0.25) is 11.9 Å². The van der Waals surface area contributed by atoms with Crippen molar-refractivity contribution < 1.29 is 43.7 Å². The van der Waals surface area contributed by atoms with Gasteiger partial charge in [-0.05, 0) is 67.1 Å². The second kappa shape index (κ2) is 16.5. The molecule has 0 saturated heterocycles. The van der Waals surface area contributed by atoms with E-state index >= 15 is 0 Å². The molecule has 4 rings (SSSR count). The van der Waals surface area contributed by atoms with Crippen LogP contribution in [0, 0.1) is 0 Å². The van der Waals surface area contributed by atoms with Crippen LogP contribution in [0.5, 0.6) is 0 Å². The number of amides is 3. The summed E-state index contributed by atoms with van der Waals surface area (Å²) in [6.45, 7) is 0. The summed E-state index contributed by atoms with van der Waals surface area (Å²) >= 11 is 0. The molecule has 0 saturated carbocycles. The highest BCUT2D eigenvalue weighted by atomic mass is 16.5. The molecule has 0 unspecified atom stereocenters. The number of hydrogen-bond donors (Lipinski definition) is 8. The lowest BCUT2D eigenvalue weighted by molar-refractivity contribution is -0.143. The van der Waals surface area contributed by atoms with Crippen molar-refractivity contribution in [1.82, 2.24) is 25.6 Å². The number of aliphatic carboxylic acids is 2. The molecule has 3 amide bonds. The SMILES string of the molecule is COC(=O)[C@H](CCC(=O)Nc1cccc(C(=O)N[C@@H](CCC(=O)O)C(=O)O)c1)NC(=O)c1ccc(CCc2c[nH]c3nc(N)nc(N)c23)cc1. The van der Waals surface area contributed by atoms with E-state index in [-0.39, 0.29) is 47.8 Å². The summed E-state index contributed by atoms with van der Waals surface area (Å²) in [7, 11) is 1.16. The summed E-state index contributed by atoms with van der Waals surface area (Å²) < 4.78 is 4.82. The summed E-state index contributed by atoms with van der Waals surface area (Å²) in [5, 5.41) is 26.3. The van der Waals surface area contributed by atoms with E-state index < -0.39 is 54.1 Å². The third-order valence-corrected chi connectivity index (χ3v) is 7.67. The summed E-state index contributed by atoms with van der Waals surface area (Å²) in [6.07, 6.45) is 1.97. The first-order valence-electron chi connectivity index (χ1n) is 15.4. The summed E-state index contributed by atoms with van der Waals surface area (Å²) in [5.74, 6) is -4.84. The Morgan fingerprint density at radius 1 is 0.860 bits per heavy atom. The maximum Gasteiger partial charge on any atom is 0.328 e. The second-order valence-electron chi connectivity index (χ2n) is 11.2. The van der Waals surface area contributed by atoms with E-state index in [1.807, 2.05) is 0 Å². The molecule has 50 heavy (non-hydrogen) atoms. The smallest absolute Gasteiger partial charge is 0.328 e. The molecular formula is C33H36N8O9. The minimum absolute atomic E-state index is 0.0259. The summed E-state index contributed by atoms with van der Waals surface area (Å²) in [6, 6.07) is 9.91. The quantitative estimate of drug-likeness (QED) is 0.0778. The molecule has 2 aromatic carbocycles. The van der Waals surface area contributed by atoms with Gasteiger partial charge in [-0.1, -0.05) is 18.2 Å². The van der Waals surface area contributed by atoms with Gasteiger partial charge in [-0.25, -0.2) is 9.59 Å². The molecule has 262 valence electrons. The number of carboxylic acid groups (broad SMARTS) is 2. The third-order valence-electron chi connectivity index (χ3n) is 7.67. The van der Waals surface area contributed by atoms with E-state index in [1.54, 1.807) is 30.5 Å². The lowest BCUT2D eigenvalue weighted by atomic mass is 10.0. The third kappa shape index (κ3) is 9.75. The number of nitrogens with one attached hydrogen (secondary N) is 4. The average Bonchev–Trinajstić information content (AvgIpc) is 3.50. The molecule has 2 aromatic heterocycles. The predicted molar refractivity (Wildman–Crippen MR) is 180 cm³/mol. The normalized spacial score (nSPS) is 12.0. The second-order valence-corrected chi connectivity index (χ2v) is 11.2. The number of H-pyrrole nitrogens is 1. The number of esters is 1. The Morgan fingerprint density at radius 3 is 2.22 bits per heavy atom. The van der Waals surface area contributed by atoms with Crippen LogP contribution in [0.3, 0.4) is 0 Å². The van der Waals surface area contributed by atoms with Crippen LogP contribution in [0.25, 0.3) is 11.0 Å². The molecule has 0 aliphatic heterocycles. The molecule has 0 bridgehead atoms. The molecule has 17 nitrogen and oxygen atoms in total. The minimum Gasteiger partial charge on any atom is -0.481 e. The fourth-order valence-electron chi connectivity index (χ4n) is 5.08. The lowest BCUT2D eigenvalue weighted by Gasteiger charge is -2.17. The van der Waals surface area contributed by atoms with E-state index in [0.29, 0.717) is 23.9 Å². The van der Waals surface area contributed by atoms with E-state index in [4.69, 9.17) is 21.3 Å². The highest BCUT2D eigenvalue weighted by Gasteiger charge is 2.24. The number of fused-ring (bicyclic) bond motifs is 1. The van der Waals surface area contributed by atoms with E-state index in [2.05, 4.69) is 30.9 Å². The minimum atomic E-state index is -1.42. The molecule has 10 N–H and O–H groups in total. The largest absolute Gasteiger partial charge is 0.481 e. The zero-order valence-corrected chi connectivity index (χ0v) is 26.9. The predicted octanol–water partition coefficient (Wildman–Crippen LogP) is 1.65. The van der Waals surface area contributed by atoms with Gasteiger partial charge in [0.1, 0.15) is 23.5 Å². The van der Waals surface area contributed by atoms with Crippen LogP contribution < -0.4 is 27.4 Å². The maximum absolute atomic E-state index is 13.0. The number of aryl methyl sites for hydroxylation is 2. The Morgan fingerprint density at radius 2 is 1.54 bits per heavy atom. The first-order chi connectivity index (χ1) is 23.8. The van der Waals surface area contributed by atoms with Gasteiger partial charge in [-0.3, -0.25) is 19.2 Å². The highest BCUT2D eigenvalue weighted by molar-refractivity contribution is 5.99. The van der Waals surface area contributed by atoms with Gasteiger partial charge >= 0.3 is 17.9 Å². The van der Waals surface area contributed by atoms with Crippen LogP contribution >= 0.6 is 0 Å². The number of carbonyl (C=O) groups is 6. The van der Waals surface area contributed by atoms with Crippen LogP contribution in [-0.2, 0) is 36.8 Å². The van der Waals surface area contributed by atoms with Crippen LogP contribution in [-0.4, -0.2) is 80.0 Å². The monoisotopic (exact) mass is 688 g/mol. The Labute approximate surface area is 284 Å². The van der Waals surface area contributed by atoms with Crippen molar-refractivity contribution in [3.63, 3.8) is 0 Å². The van der Waals surface area contributed by atoms with Crippen molar-refractivity contribution in [3.8, 4) is 0 Å². The number of nitrogens with two attached hydrogens (primary N) is 2. The number of carboxylic acids is 2. The van der Waals surface area contributed by atoms with Crippen molar-refractivity contribution in [2.75, 3.05) is 23.9 Å². The number of nitrogen functional groups attached to an aromatic ring is 2. The molecule has 2 heterocycles. The van der Waals surface area contributed by atoms with Gasteiger partial charge in [0, 0.05) is 35.9 Å². The molecule has 2 atom stereocenters. The van der Waals surface area contributed by atoms with Crippen LogP contribution in [0.15, 0.2) is 54.7 Å². The van der Waals surface area contributed by atoms with E-state index in [0.717, 1.165) is 18.2 Å². The van der Waals surface area contributed by atoms with Gasteiger partial charge in [-0.15, -0.1) is 0 Å². The van der Waals surface area contributed by atoms with E-state index in [1.165, 1.54) is 24.3 Å². The van der Waals surface area contributed by atoms with Gasteiger partial charge in [0.05, 0.1) is 12.5 Å². The fraction of sp³-hybridized carbons (Fsp3) is 0.273. The molecule has 0 radical (unpaired) electrons. The number of aromatic amines is 1. The first-order valence-corrected chi connectivity index (χ1v) is 15.4. The number of methoxy groups -OCH3 is 1. The zero-order chi connectivity index (χ0) is 36.4. The highest BCUT2D eigenvalue weighted by Crippen LogP contribution is 2.24. The standard InChI is InChI=1S/C33H36N8O9/c1-50-32(49)23(11-13-24(42)37-21-4-2-3-19(15-21)30(46)38-22(31(47)48)12-14-25(43)44)39-29(45)18-8-5-17(6-9-18)7-10-20-16-36-28-26(20)27(34)40-33(35)41-28/h2-6,8-9,15-16,22-23H,7,10-14H2,1H3,(H,37,42)(H,38,46)(H,39,45)(H,43,44)(H,47,48)(H5,34,35,36,40,41)/t22-,23-/m0/s1. The number of anilines is 3. The average molecular weight is 689 g/mol. The van der Waals surface area contributed by atoms with Crippen molar-refractivity contribution in [2.24, 2.45) is 0 Å². The number of ether oxygens (including phenoxy) is 1. The molecule has 0 spiro atoms. The molecule has 0 fully saturated rings. The Bertz CT molecular complexity index is 1910. The number of benzene rings is 2. The van der Waals surface area contributed by atoms with Crippen molar-refractivity contribution in [2.45, 2.75) is 50.6 Å². The number of rotatable bonds is 16. The zero-order valence-electron chi connectivity index (χ0n) is 26.9. The number of nitrogens with zero attached hydrogens (tertiary/aromatic N) is 2. The van der Waals surface area contributed by atoms with Crippen molar-refractivity contribution in [1.29, 1.82) is 0 Å².